The molecule has 2 aliphatic rings. The number of methoxy groups -OCH3 is 1. The van der Waals surface area contributed by atoms with E-state index in [1.165, 1.54) is 44.3 Å². The molecule has 2 fully saturated rings. The maximum absolute atomic E-state index is 5.22. The average Bonchev–Trinajstić information content (AvgIpc) is 3.13. The zero-order valence-corrected chi connectivity index (χ0v) is 11.1. The molecule has 0 aromatic rings. The van der Waals surface area contributed by atoms with Crippen LogP contribution >= 0.6 is 0 Å². The Labute approximate surface area is 105 Å². The summed E-state index contributed by atoms with van der Waals surface area (Å²) in [6.45, 7) is 9.58. The van der Waals surface area contributed by atoms with Crippen molar-refractivity contribution >= 4 is 0 Å². The smallest absolute Gasteiger partial charge is 0.0491 e. The molecule has 1 aliphatic carbocycles. The van der Waals surface area contributed by atoms with Gasteiger partial charge in [0.2, 0.25) is 0 Å². The Balaban J connectivity index is 1.58. The van der Waals surface area contributed by atoms with Crippen molar-refractivity contribution in [1.82, 2.24) is 10.2 Å². The monoisotopic (exact) mass is 238 g/mol. The first-order valence-corrected chi connectivity index (χ1v) is 6.89. The van der Waals surface area contributed by atoms with E-state index in [0.717, 1.165) is 31.7 Å². The maximum atomic E-state index is 5.22. The molecular formula is C14H26N2O. The molecule has 0 amide bonds. The second-order valence-corrected chi connectivity index (χ2v) is 5.58. The SMILES string of the molecule is C=C(CNC1CC1)CN1CCC(COC)CC1. The Morgan fingerprint density at radius 2 is 2.00 bits per heavy atom. The standard InChI is InChI=1S/C14H26N2O/c1-12(9-15-14-3-4-14)10-16-7-5-13(6-8-16)11-17-2/h13-15H,1,3-11H2,2H3. The summed E-state index contributed by atoms with van der Waals surface area (Å²) in [5.41, 5.74) is 1.34. The first-order chi connectivity index (χ1) is 8.28. The van der Waals surface area contributed by atoms with Crippen molar-refractivity contribution in [2.75, 3.05) is 39.9 Å². The second-order valence-electron chi connectivity index (χ2n) is 5.58. The second kappa shape index (κ2) is 6.53. The molecule has 0 aromatic carbocycles. The summed E-state index contributed by atoms with van der Waals surface area (Å²) in [6.07, 6.45) is 5.26. The van der Waals surface area contributed by atoms with Gasteiger partial charge in [0.15, 0.2) is 0 Å². The van der Waals surface area contributed by atoms with Crippen molar-refractivity contribution in [3.63, 3.8) is 0 Å². The van der Waals surface area contributed by atoms with Crippen molar-refractivity contribution in [1.29, 1.82) is 0 Å². The zero-order valence-electron chi connectivity index (χ0n) is 11.1. The van der Waals surface area contributed by atoms with Crippen molar-refractivity contribution in [2.24, 2.45) is 5.92 Å². The van der Waals surface area contributed by atoms with E-state index < -0.39 is 0 Å². The van der Waals surface area contributed by atoms with Crippen LogP contribution in [0.25, 0.3) is 0 Å². The van der Waals surface area contributed by atoms with Crippen LogP contribution in [0.5, 0.6) is 0 Å². The Bertz CT molecular complexity index is 243. The Kier molecular flexibility index (Phi) is 5.01. The molecule has 3 heteroatoms. The molecule has 0 spiro atoms. The Hall–Kier alpha value is -0.380. The molecule has 17 heavy (non-hydrogen) atoms. The van der Waals surface area contributed by atoms with Gasteiger partial charge >= 0.3 is 0 Å². The number of hydrogen-bond acceptors (Lipinski definition) is 3. The van der Waals surface area contributed by atoms with Gasteiger partial charge in [-0.15, -0.1) is 0 Å². The Morgan fingerprint density at radius 1 is 1.29 bits per heavy atom. The number of nitrogens with zero attached hydrogens (tertiary/aromatic N) is 1. The minimum absolute atomic E-state index is 0.772. The number of ether oxygens (including phenoxy) is 1. The highest BCUT2D eigenvalue weighted by Crippen LogP contribution is 2.20. The first kappa shape index (κ1) is 13.1. The van der Waals surface area contributed by atoms with E-state index in [0.29, 0.717) is 0 Å². The molecule has 0 aromatic heterocycles. The van der Waals surface area contributed by atoms with Gasteiger partial charge < -0.3 is 10.1 Å². The summed E-state index contributed by atoms with van der Waals surface area (Å²) in [4.78, 5) is 2.53. The van der Waals surface area contributed by atoms with Crippen LogP contribution in [0, 0.1) is 5.92 Å². The third-order valence-corrected chi connectivity index (χ3v) is 3.77. The van der Waals surface area contributed by atoms with Crippen LogP contribution in [0.2, 0.25) is 0 Å². The van der Waals surface area contributed by atoms with Gasteiger partial charge in [-0.05, 0) is 50.3 Å². The normalized spacial score (nSPS) is 22.9. The number of likely N-dealkylation sites (tertiary alicyclic amines) is 1. The zero-order chi connectivity index (χ0) is 12.1. The molecule has 0 unspecified atom stereocenters. The minimum Gasteiger partial charge on any atom is -0.384 e. The predicted molar refractivity (Wildman–Crippen MR) is 71.2 cm³/mol. The van der Waals surface area contributed by atoms with E-state index >= 15 is 0 Å². The van der Waals surface area contributed by atoms with Crippen LogP contribution in [0.1, 0.15) is 25.7 Å². The molecule has 3 nitrogen and oxygen atoms in total. The lowest BCUT2D eigenvalue weighted by atomic mass is 9.97. The average molecular weight is 238 g/mol. The van der Waals surface area contributed by atoms with Gasteiger partial charge in [-0.3, -0.25) is 4.90 Å². The summed E-state index contributed by atoms with van der Waals surface area (Å²) in [6, 6.07) is 0.791. The highest BCUT2D eigenvalue weighted by atomic mass is 16.5. The summed E-state index contributed by atoms with van der Waals surface area (Å²) >= 11 is 0. The molecule has 0 radical (unpaired) electrons. The first-order valence-electron chi connectivity index (χ1n) is 6.89. The molecule has 1 saturated carbocycles. The van der Waals surface area contributed by atoms with Crippen molar-refractivity contribution in [3.8, 4) is 0 Å². The van der Waals surface area contributed by atoms with Crippen LogP contribution in [0.4, 0.5) is 0 Å². The molecule has 1 heterocycles. The predicted octanol–water partition coefficient (Wildman–Crippen LogP) is 1.65. The van der Waals surface area contributed by atoms with Crippen LogP contribution in [0.15, 0.2) is 12.2 Å². The van der Waals surface area contributed by atoms with Gasteiger partial charge in [-0.2, -0.15) is 0 Å². The lowest BCUT2D eigenvalue weighted by Crippen LogP contribution is -2.37. The van der Waals surface area contributed by atoms with Gasteiger partial charge in [-0.25, -0.2) is 0 Å². The van der Waals surface area contributed by atoms with Gasteiger partial charge in [-0.1, -0.05) is 6.58 Å². The van der Waals surface area contributed by atoms with Crippen molar-refractivity contribution in [2.45, 2.75) is 31.7 Å². The van der Waals surface area contributed by atoms with E-state index in [-0.39, 0.29) is 0 Å². The molecule has 98 valence electrons. The summed E-state index contributed by atoms with van der Waals surface area (Å²) < 4.78 is 5.22. The van der Waals surface area contributed by atoms with Crippen LogP contribution in [-0.4, -0.2) is 50.8 Å². The van der Waals surface area contributed by atoms with Crippen LogP contribution in [-0.2, 0) is 4.74 Å². The largest absolute Gasteiger partial charge is 0.384 e. The third-order valence-electron chi connectivity index (χ3n) is 3.77. The van der Waals surface area contributed by atoms with Gasteiger partial charge in [0.25, 0.3) is 0 Å². The van der Waals surface area contributed by atoms with Crippen molar-refractivity contribution in [3.05, 3.63) is 12.2 Å². The molecular weight excluding hydrogens is 212 g/mol. The topological polar surface area (TPSA) is 24.5 Å². The fraction of sp³-hybridized carbons (Fsp3) is 0.857. The van der Waals surface area contributed by atoms with Crippen LogP contribution in [0.3, 0.4) is 0 Å². The molecule has 1 N–H and O–H groups in total. The third kappa shape index (κ3) is 4.78. The summed E-state index contributed by atoms with van der Waals surface area (Å²) in [7, 11) is 1.80. The summed E-state index contributed by atoms with van der Waals surface area (Å²) in [5.74, 6) is 0.772. The molecule has 1 saturated heterocycles. The van der Waals surface area contributed by atoms with Gasteiger partial charge in [0, 0.05) is 32.8 Å². The van der Waals surface area contributed by atoms with Crippen LogP contribution < -0.4 is 5.32 Å². The molecule has 2 rings (SSSR count). The molecule has 1 aliphatic heterocycles. The highest BCUT2D eigenvalue weighted by Gasteiger charge is 2.22. The Morgan fingerprint density at radius 3 is 2.59 bits per heavy atom. The van der Waals surface area contributed by atoms with Gasteiger partial charge in [0.05, 0.1) is 0 Å². The fourth-order valence-electron chi connectivity index (χ4n) is 2.50. The number of hydrogen-bond donors (Lipinski definition) is 1. The van der Waals surface area contributed by atoms with Crippen molar-refractivity contribution < 1.29 is 4.74 Å². The van der Waals surface area contributed by atoms with Gasteiger partial charge in [0.1, 0.15) is 0 Å². The molecule has 0 bridgehead atoms. The lowest BCUT2D eigenvalue weighted by molar-refractivity contribution is 0.103. The molecule has 0 atom stereocenters. The minimum atomic E-state index is 0.772. The quantitative estimate of drug-likeness (QED) is 0.683. The number of nitrogens with one attached hydrogen (secondary N) is 1. The fourth-order valence-corrected chi connectivity index (χ4v) is 2.50. The van der Waals surface area contributed by atoms with E-state index in [1.54, 1.807) is 7.11 Å². The van der Waals surface area contributed by atoms with E-state index in [4.69, 9.17) is 4.74 Å². The summed E-state index contributed by atoms with van der Waals surface area (Å²) in [5, 5.41) is 3.53. The van der Waals surface area contributed by atoms with E-state index in [2.05, 4.69) is 16.8 Å². The van der Waals surface area contributed by atoms with E-state index in [9.17, 15) is 0 Å². The number of piperidine rings is 1. The highest BCUT2D eigenvalue weighted by molar-refractivity contribution is 5.02. The lowest BCUT2D eigenvalue weighted by Gasteiger charge is -2.32. The number of rotatable bonds is 7. The maximum Gasteiger partial charge on any atom is 0.0491 e. The van der Waals surface area contributed by atoms with E-state index in [1.807, 2.05) is 0 Å².